The fourth-order valence-electron chi connectivity index (χ4n) is 5.31. The molecule has 4 heterocycles. The first-order valence-corrected chi connectivity index (χ1v) is 11.9. The number of hydrogen-bond donors (Lipinski definition) is 2. The zero-order valence-electron chi connectivity index (χ0n) is 18.7. The Labute approximate surface area is 193 Å². The molecule has 0 spiro atoms. The van der Waals surface area contributed by atoms with Crippen LogP contribution in [-0.2, 0) is 23.8 Å². The zero-order chi connectivity index (χ0) is 22.8. The number of hydrogen-bond acceptors (Lipinski definition) is 7. The third-order valence-electron chi connectivity index (χ3n) is 7.13. The maximum atomic E-state index is 12.8. The lowest BCUT2D eigenvalue weighted by Crippen LogP contribution is -2.48. The summed E-state index contributed by atoms with van der Waals surface area (Å²) in [4.78, 5) is 27.3. The molecular weight excluding hydrogens is 428 g/mol. The maximum absolute atomic E-state index is 12.8. The summed E-state index contributed by atoms with van der Waals surface area (Å²) in [6.45, 7) is 3.38. The number of ether oxygens (including phenoxy) is 4. The molecule has 0 aromatic heterocycles. The number of morpholine rings is 1. The lowest BCUT2D eigenvalue weighted by atomic mass is 9.84. The number of aliphatic hydroxyl groups excluding tert-OH is 1. The molecule has 3 fully saturated rings. The summed E-state index contributed by atoms with van der Waals surface area (Å²) in [6, 6.07) is 5.69. The van der Waals surface area contributed by atoms with Crippen molar-refractivity contribution in [2.45, 2.75) is 49.9 Å². The third kappa shape index (κ3) is 4.87. The summed E-state index contributed by atoms with van der Waals surface area (Å²) in [6.07, 6.45) is 1.27. The molecule has 0 saturated carbocycles. The second kappa shape index (κ2) is 9.97. The van der Waals surface area contributed by atoms with E-state index in [1.165, 1.54) is 0 Å². The fraction of sp³-hybridized carbons (Fsp3) is 0.667. The minimum absolute atomic E-state index is 0.00618. The van der Waals surface area contributed by atoms with Gasteiger partial charge in [0.25, 0.3) is 0 Å². The lowest BCUT2D eigenvalue weighted by Gasteiger charge is -2.38. The number of fused-ring (bicyclic) bond motifs is 3. The highest BCUT2D eigenvalue weighted by atomic mass is 16.6. The van der Waals surface area contributed by atoms with Crippen LogP contribution in [0.15, 0.2) is 18.2 Å². The molecule has 180 valence electrons. The number of carbonyl (C=O) groups is 2. The maximum Gasteiger partial charge on any atom is 0.227 e. The Morgan fingerprint density at radius 3 is 2.61 bits per heavy atom. The number of anilines is 1. The van der Waals surface area contributed by atoms with Gasteiger partial charge in [-0.1, -0.05) is 0 Å². The molecule has 9 nitrogen and oxygen atoms in total. The number of nitrogens with one attached hydrogen (secondary N) is 1. The topological polar surface area (TPSA) is 107 Å². The van der Waals surface area contributed by atoms with E-state index >= 15 is 0 Å². The summed E-state index contributed by atoms with van der Waals surface area (Å²) in [7, 11) is 0. The summed E-state index contributed by atoms with van der Waals surface area (Å²) < 4.78 is 22.9. The van der Waals surface area contributed by atoms with Gasteiger partial charge in [-0.05, 0) is 37.5 Å². The predicted molar refractivity (Wildman–Crippen MR) is 118 cm³/mol. The van der Waals surface area contributed by atoms with Gasteiger partial charge in [0.15, 0.2) is 0 Å². The van der Waals surface area contributed by atoms with E-state index in [2.05, 4.69) is 5.32 Å². The fourth-order valence-corrected chi connectivity index (χ4v) is 5.31. The Balaban J connectivity index is 1.28. The Bertz CT molecular complexity index is 866. The molecule has 4 aliphatic rings. The van der Waals surface area contributed by atoms with Gasteiger partial charge in [0.2, 0.25) is 11.8 Å². The van der Waals surface area contributed by atoms with E-state index in [0.29, 0.717) is 45.9 Å². The van der Waals surface area contributed by atoms with E-state index in [1.54, 1.807) is 0 Å². The van der Waals surface area contributed by atoms with E-state index in [9.17, 15) is 14.7 Å². The Hall–Kier alpha value is -2.20. The van der Waals surface area contributed by atoms with Gasteiger partial charge < -0.3 is 34.3 Å². The van der Waals surface area contributed by atoms with Crippen LogP contribution < -0.4 is 10.1 Å². The summed E-state index contributed by atoms with van der Waals surface area (Å²) >= 11 is 0. The van der Waals surface area contributed by atoms with Crippen molar-refractivity contribution in [1.82, 2.24) is 4.90 Å². The average molecular weight is 461 g/mol. The molecule has 2 amide bonds. The van der Waals surface area contributed by atoms with Crippen molar-refractivity contribution in [2.75, 3.05) is 51.4 Å². The molecule has 1 aromatic rings. The van der Waals surface area contributed by atoms with Crippen LogP contribution in [0.2, 0.25) is 0 Å². The highest BCUT2D eigenvalue weighted by Gasteiger charge is 2.46. The molecule has 4 atom stereocenters. The second-order valence-corrected chi connectivity index (χ2v) is 9.23. The van der Waals surface area contributed by atoms with Crippen LogP contribution in [0.25, 0.3) is 0 Å². The first kappa shape index (κ1) is 22.6. The highest BCUT2D eigenvalue weighted by Crippen LogP contribution is 2.47. The van der Waals surface area contributed by atoms with Crippen LogP contribution in [0.5, 0.6) is 5.75 Å². The van der Waals surface area contributed by atoms with Gasteiger partial charge in [-0.25, -0.2) is 0 Å². The predicted octanol–water partition coefficient (Wildman–Crippen LogP) is 1.29. The molecule has 0 aliphatic carbocycles. The molecule has 5 rings (SSSR count). The number of nitrogens with zero attached hydrogens (tertiary/aromatic N) is 1. The van der Waals surface area contributed by atoms with Gasteiger partial charge in [0.05, 0.1) is 32.3 Å². The third-order valence-corrected chi connectivity index (χ3v) is 7.13. The van der Waals surface area contributed by atoms with Gasteiger partial charge in [-0.2, -0.15) is 0 Å². The number of amides is 2. The van der Waals surface area contributed by atoms with E-state index in [1.807, 2.05) is 23.1 Å². The molecule has 0 unspecified atom stereocenters. The molecule has 33 heavy (non-hydrogen) atoms. The second-order valence-electron chi connectivity index (χ2n) is 9.23. The van der Waals surface area contributed by atoms with Crippen LogP contribution in [-0.4, -0.2) is 86.3 Å². The molecule has 3 saturated heterocycles. The number of aliphatic hydroxyl groups is 1. The van der Waals surface area contributed by atoms with Crippen LogP contribution in [0.1, 0.15) is 37.2 Å². The van der Waals surface area contributed by atoms with Crippen molar-refractivity contribution >= 4 is 17.5 Å². The summed E-state index contributed by atoms with van der Waals surface area (Å²) in [5, 5.41) is 13.0. The molecule has 9 heteroatoms. The monoisotopic (exact) mass is 460 g/mol. The van der Waals surface area contributed by atoms with Gasteiger partial charge in [-0.15, -0.1) is 0 Å². The standard InChI is InChI=1S/C24H32N2O7/c27-14-21-23-19(12-17(32-21)13-22(28)26-5-9-31-10-6-26)18-11-16(1-2-20(18)33-23)25-24(29)15-3-7-30-8-4-15/h1-2,11,15,17,19,21,23,27H,3-10,12-14H2,(H,25,29)/t17-,19+,21-,23-/m1/s1. The van der Waals surface area contributed by atoms with Crippen LogP contribution in [0, 0.1) is 5.92 Å². The Morgan fingerprint density at radius 1 is 1.09 bits per heavy atom. The van der Waals surface area contributed by atoms with Crippen molar-refractivity contribution in [3.8, 4) is 5.75 Å². The highest BCUT2D eigenvalue weighted by molar-refractivity contribution is 5.92. The number of rotatable bonds is 5. The average Bonchev–Trinajstić information content (AvgIpc) is 3.22. The SMILES string of the molecule is O=C(Nc1ccc2c(c1)[C@@H]1C[C@H](CC(=O)N3CCOCC3)O[C@H](CO)[C@@H]1O2)C1CCOCC1. The largest absolute Gasteiger partial charge is 0.487 e. The van der Waals surface area contributed by atoms with E-state index in [-0.39, 0.29) is 48.9 Å². The van der Waals surface area contributed by atoms with Crippen molar-refractivity contribution in [2.24, 2.45) is 5.92 Å². The minimum Gasteiger partial charge on any atom is -0.487 e. The van der Waals surface area contributed by atoms with Crippen LogP contribution >= 0.6 is 0 Å². The quantitative estimate of drug-likeness (QED) is 0.682. The molecule has 2 N–H and O–H groups in total. The summed E-state index contributed by atoms with van der Waals surface area (Å²) in [5.41, 5.74) is 1.73. The number of benzene rings is 1. The van der Waals surface area contributed by atoms with E-state index in [0.717, 1.165) is 29.8 Å². The van der Waals surface area contributed by atoms with Crippen molar-refractivity contribution < 1.29 is 33.6 Å². The van der Waals surface area contributed by atoms with E-state index in [4.69, 9.17) is 18.9 Å². The summed E-state index contributed by atoms with van der Waals surface area (Å²) in [5.74, 6) is 0.774. The molecule has 4 aliphatic heterocycles. The molecule has 0 radical (unpaired) electrons. The smallest absolute Gasteiger partial charge is 0.227 e. The van der Waals surface area contributed by atoms with Crippen molar-refractivity contribution in [3.63, 3.8) is 0 Å². The zero-order valence-corrected chi connectivity index (χ0v) is 18.7. The van der Waals surface area contributed by atoms with Crippen molar-refractivity contribution in [3.05, 3.63) is 23.8 Å². The normalized spacial score (nSPS) is 29.7. The first-order chi connectivity index (χ1) is 16.1. The first-order valence-electron chi connectivity index (χ1n) is 11.9. The van der Waals surface area contributed by atoms with E-state index < -0.39 is 6.10 Å². The van der Waals surface area contributed by atoms with Crippen LogP contribution in [0.4, 0.5) is 5.69 Å². The van der Waals surface area contributed by atoms with Gasteiger partial charge >= 0.3 is 0 Å². The molecule has 1 aromatic carbocycles. The van der Waals surface area contributed by atoms with Gasteiger partial charge in [-0.3, -0.25) is 9.59 Å². The van der Waals surface area contributed by atoms with Gasteiger partial charge in [0, 0.05) is 49.4 Å². The molecule has 0 bridgehead atoms. The lowest BCUT2D eigenvalue weighted by molar-refractivity contribution is -0.151. The Kier molecular flexibility index (Phi) is 6.82. The Morgan fingerprint density at radius 2 is 1.85 bits per heavy atom. The minimum atomic E-state index is -0.501. The van der Waals surface area contributed by atoms with Crippen LogP contribution in [0.3, 0.4) is 0 Å². The molecular formula is C24H32N2O7. The van der Waals surface area contributed by atoms with Crippen molar-refractivity contribution in [1.29, 1.82) is 0 Å². The number of carbonyl (C=O) groups excluding carboxylic acids is 2. The van der Waals surface area contributed by atoms with Gasteiger partial charge in [0.1, 0.15) is 18.0 Å².